The Bertz CT molecular complexity index is 260. The molecule has 0 aromatic rings. The van der Waals surface area contributed by atoms with Gasteiger partial charge in [-0.3, -0.25) is 0 Å². The molecule has 0 heterocycles. The second kappa shape index (κ2) is 4.18. The zero-order chi connectivity index (χ0) is 11.7. The van der Waals surface area contributed by atoms with Crippen molar-refractivity contribution in [3.8, 4) is 11.8 Å². The Morgan fingerprint density at radius 2 is 1.53 bits per heavy atom. The van der Waals surface area contributed by atoms with E-state index in [4.69, 9.17) is 4.74 Å². The first-order chi connectivity index (χ1) is 6.66. The van der Waals surface area contributed by atoms with Crippen LogP contribution >= 0.6 is 0 Å². The van der Waals surface area contributed by atoms with Gasteiger partial charge in [0.25, 0.3) is 0 Å². The Labute approximate surface area is 94.6 Å². The summed E-state index contributed by atoms with van der Waals surface area (Å²) in [6.07, 6.45) is 2.66. The van der Waals surface area contributed by atoms with Crippen LogP contribution in [0.1, 0.15) is 54.4 Å². The van der Waals surface area contributed by atoms with Gasteiger partial charge in [0.2, 0.25) is 0 Å². The molecule has 86 valence electrons. The molecule has 1 heteroatoms. The number of ether oxygens (including phenoxy) is 1. The molecule has 1 fully saturated rings. The monoisotopic (exact) mass is 208 g/mol. The van der Waals surface area contributed by atoms with E-state index in [1.807, 2.05) is 0 Å². The van der Waals surface area contributed by atoms with Crippen LogP contribution in [0.25, 0.3) is 0 Å². The van der Waals surface area contributed by atoms with Crippen LogP contribution in [-0.2, 0) is 4.74 Å². The molecular formula is C14H24O. The van der Waals surface area contributed by atoms with Gasteiger partial charge in [0.1, 0.15) is 0 Å². The zero-order valence-electron chi connectivity index (χ0n) is 11.0. The van der Waals surface area contributed by atoms with Crippen LogP contribution in [0.3, 0.4) is 0 Å². The highest BCUT2D eigenvalue weighted by atomic mass is 16.5. The largest absolute Gasteiger partial charge is 0.373 e. The maximum Gasteiger partial charge on any atom is 0.0605 e. The Morgan fingerprint density at radius 1 is 1.00 bits per heavy atom. The molecule has 1 saturated carbocycles. The second-order valence-corrected chi connectivity index (χ2v) is 6.54. The topological polar surface area (TPSA) is 9.23 Å². The molecule has 0 radical (unpaired) electrons. The average molecular weight is 208 g/mol. The molecule has 0 N–H and O–H groups in total. The Hall–Kier alpha value is -0.480. The molecule has 0 amide bonds. The van der Waals surface area contributed by atoms with Gasteiger partial charge >= 0.3 is 0 Å². The van der Waals surface area contributed by atoms with Gasteiger partial charge in [-0.2, -0.15) is 0 Å². The lowest BCUT2D eigenvalue weighted by Gasteiger charge is -2.37. The van der Waals surface area contributed by atoms with E-state index in [0.29, 0.717) is 12.0 Å². The van der Waals surface area contributed by atoms with E-state index in [2.05, 4.69) is 53.4 Å². The SMILES string of the molecule is CC(C)(C)C#CC1CC(OC(C)(C)C)C1. The van der Waals surface area contributed by atoms with Crippen LogP contribution in [0.15, 0.2) is 0 Å². The highest BCUT2D eigenvalue weighted by molar-refractivity contribution is 5.13. The molecule has 0 aromatic heterocycles. The van der Waals surface area contributed by atoms with Crippen LogP contribution in [0.5, 0.6) is 0 Å². The van der Waals surface area contributed by atoms with Gasteiger partial charge in [-0.25, -0.2) is 0 Å². The van der Waals surface area contributed by atoms with E-state index in [0.717, 1.165) is 12.8 Å². The fraction of sp³-hybridized carbons (Fsp3) is 0.857. The van der Waals surface area contributed by atoms with E-state index < -0.39 is 0 Å². The molecular weight excluding hydrogens is 184 g/mol. The predicted octanol–water partition coefficient (Wildman–Crippen LogP) is 3.63. The van der Waals surface area contributed by atoms with Crippen molar-refractivity contribution in [3.05, 3.63) is 0 Å². The molecule has 0 unspecified atom stereocenters. The average Bonchev–Trinajstić information content (AvgIpc) is 1.89. The smallest absolute Gasteiger partial charge is 0.0605 e. The lowest BCUT2D eigenvalue weighted by Crippen LogP contribution is -2.37. The van der Waals surface area contributed by atoms with Crippen molar-refractivity contribution in [1.82, 2.24) is 0 Å². The van der Waals surface area contributed by atoms with Crippen molar-refractivity contribution >= 4 is 0 Å². The van der Waals surface area contributed by atoms with Crippen LogP contribution in [0.2, 0.25) is 0 Å². The maximum atomic E-state index is 5.87. The van der Waals surface area contributed by atoms with Crippen molar-refractivity contribution in [2.24, 2.45) is 11.3 Å². The third-order valence-corrected chi connectivity index (χ3v) is 2.27. The second-order valence-electron chi connectivity index (χ2n) is 6.54. The summed E-state index contributed by atoms with van der Waals surface area (Å²) in [6, 6.07) is 0. The first-order valence-corrected chi connectivity index (χ1v) is 5.86. The van der Waals surface area contributed by atoms with Crippen molar-refractivity contribution in [1.29, 1.82) is 0 Å². The minimum absolute atomic E-state index is 0.00685. The first kappa shape index (κ1) is 12.6. The van der Waals surface area contributed by atoms with Gasteiger partial charge in [0.15, 0.2) is 0 Å². The van der Waals surface area contributed by atoms with Gasteiger partial charge < -0.3 is 4.74 Å². The highest BCUT2D eigenvalue weighted by Crippen LogP contribution is 2.32. The molecule has 15 heavy (non-hydrogen) atoms. The molecule has 0 aromatic carbocycles. The molecule has 0 atom stereocenters. The first-order valence-electron chi connectivity index (χ1n) is 5.86. The van der Waals surface area contributed by atoms with E-state index >= 15 is 0 Å². The highest BCUT2D eigenvalue weighted by Gasteiger charge is 2.31. The Kier molecular flexibility index (Phi) is 3.51. The fourth-order valence-electron chi connectivity index (χ4n) is 1.60. The Balaban J connectivity index is 2.29. The lowest BCUT2D eigenvalue weighted by atomic mass is 9.81. The van der Waals surface area contributed by atoms with E-state index in [-0.39, 0.29) is 11.0 Å². The molecule has 0 spiro atoms. The minimum Gasteiger partial charge on any atom is -0.373 e. The number of hydrogen-bond donors (Lipinski definition) is 0. The lowest BCUT2D eigenvalue weighted by molar-refractivity contribution is -0.103. The van der Waals surface area contributed by atoms with Crippen LogP contribution in [-0.4, -0.2) is 11.7 Å². The quantitative estimate of drug-likeness (QED) is 0.598. The molecule has 0 bridgehead atoms. The summed E-state index contributed by atoms with van der Waals surface area (Å²) in [5.74, 6) is 7.21. The van der Waals surface area contributed by atoms with Gasteiger partial charge in [-0.15, -0.1) is 0 Å². The van der Waals surface area contributed by atoms with Crippen molar-refractivity contribution in [2.75, 3.05) is 0 Å². The van der Waals surface area contributed by atoms with Gasteiger partial charge in [-0.1, -0.05) is 11.8 Å². The summed E-state index contributed by atoms with van der Waals surface area (Å²) < 4.78 is 5.87. The zero-order valence-corrected chi connectivity index (χ0v) is 11.0. The molecule has 0 aliphatic heterocycles. The molecule has 0 saturated heterocycles. The van der Waals surface area contributed by atoms with E-state index in [9.17, 15) is 0 Å². The van der Waals surface area contributed by atoms with E-state index in [1.165, 1.54) is 0 Å². The summed E-state index contributed by atoms with van der Waals surface area (Å²) in [7, 11) is 0. The Morgan fingerprint density at radius 3 is 1.93 bits per heavy atom. The molecule has 1 nitrogen and oxygen atoms in total. The van der Waals surface area contributed by atoms with Crippen molar-refractivity contribution < 1.29 is 4.74 Å². The minimum atomic E-state index is -0.00685. The molecule has 1 aliphatic carbocycles. The molecule has 1 aliphatic rings. The number of rotatable bonds is 1. The summed E-state index contributed by atoms with van der Waals surface area (Å²) >= 11 is 0. The van der Waals surface area contributed by atoms with Gasteiger partial charge in [0, 0.05) is 11.3 Å². The fourth-order valence-corrected chi connectivity index (χ4v) is 1.60. The van der Waals surface area contributed by atoms with Crippen molar-refractivity contribution in [2.45, 2.75) is 66.1 Å². The van der Waals surface area contributed by atoms with E-state index in [1.54, 1.807) is 0 Å². The number of hydrogen-bond acceptors (Lipinski definition) is 1. The van der Waals surface area contributed by atoms with Crippen LogP contribution in [0, 0.1) is 23.2 Å². The van der Waals surface area contributed by atoms with Gasteiger partial charge in [0.05, 0.1) is 11.7 Å². The third kappa shape index (κ3) is 5.23. The normalized spacial score (nSPS) is 26.5. The van der Waals surface area contributed by atoms with Crippen molar-refractivity contribution in [3.63, 3.8) is 0 Å². The summed E-state index contributed by atoms with van der Waals surface area (Å²) in [4.78, 5) is 0. The van der Waals surface area contributed by atoms with Crippen LogP contribution < -0.4 is 0 Å². The van der Waals surface area contributed by atoms with Crippen LogP contribution in [0.4, 0.5) is 0 Å². The third-order valence-electron chi connectivity index (χ3n) is 2.27. The predicted molar refractivity (Wildman–Crippen MR) is 64.6 cm³/mol. The maximum absolute atomic E-state index is 5.87. The summed E-state index contributed by atoms with van der Waals surface area (Å²) in [5, 5.41) is 0. The molecule has 1 rings (SSSR count). The summed E-state index contributed by atoms with van der Waals surface area (Å²) in [5.41, 5.74) is 0.128. The standard InChI is InChI=1S/C14H24O/c1-13(2,3)8-7-11-9-12(10-11)15-14(4,5)6/h11-12H,9-10H2,1-6H3. The summed E-state index contributed by atoms with van der Waals surface area (Å²) in [6.45, 7) is 12.8. The van der Waals surface area contributed by atoms with Gasteiger partial charge in [-0.05, 0) is 54.4 Å².